The number of hydrogen-bond acceptors (Lipinski definition) is 3. The number of nitrogens with one attached hydrogen (secondary N) is 1. The zero-order valence-corrected chi connectivity index (χ0v) is 13.3. The summed E-state index contributed by atoms with van der Waals surface area (Å²) in [7, 11) is 0. The molecule has 1 N–H and O–H groups in total. The van der Waals surface area contributed by atoms with Gasteiger partial charge in [-0.15, -0.1) is 0 Å². The van der Waals surface area contributed by atoms with Crippen LogP contribution in [0.3, 0.4) is 0 Å². The van der Waals surface area contributed by atoms with Crippen LogP contribution in [0.4, 0.5) is 5.69 Å². The van der Waals surface area contributed by atoms with Crippen molar-refractivity contribution in [2.75, 3.05) is 44.2 Å². The van der Waals surface area contributed by atoms with Gasteiger partial charge in [-0.1, -0.05) is 25.5 Å². The van der Waals surface area contributed by atoms with Gasteiger partial charge in [-0.25, -0.2) is 0 Å². The number of nitrogens with zero attached hydrogens (tertiary/aromatic N) is 2. The van der Waals surface area contributed by atoms with Crippen molar-refractivity contribution in [2.45, 2.75) is 26.7 Å². The van der Waals surface area contributed by atoms with Crippen LogP contribution in [0.25, 0.3) is 0 Å². The molecule has 4 heteroatoms. The van der Waals surface area contributed by atoms with Gasteiger partial charge in [-0.3, -0.25) is 4.79 Å². The molecule has 0 unspecified atom stereocenters. The maximum absolute atomic E-state index is 12.1. The van der Waals surface area contributed by atoms with Crippen molar-refractivity contribution in [1.82, 2.24) is 10.2 Å². The predicted molar refractivity (Wildman–Crippen MR) is 87.7 cm³/mol. The highest BCUT2D eigenvalue weighted by Gasteiger charge is 2.20. The van der Waals surface area contributed by atoms with Crippen molar-refractivity contribution >= 4 is 11.6 Å². The molecule has 0 saturated carbocycles. The second-order valence-electron chi connectivity index (χ2n) is 5.74. The fraction of sp³-hybridized carbons (Fsp3) is 0.588. The number of benzene rings is 1. The lowest BCUT2D eigenvalue weighted by atomic mass is 10.2. The summed E-state index contributed by atoms with van der Waals surface area (Å²) >= 11 is 0. The molecule has 1 aliphatic rings. The van der Waals surface area contributed by atoms with Crippen molar-refractivity contribution in [3.05, 3.63) is 29.8 Å². The number of carbonyl (C=O) groups is 1. The Bertz CT molecular complexity index is 453. The van der Waals surface area contributed by atoms with Crippen LogP contribution in [0, 0.1) is 6.92 Å². The second-order valence-corrected chi connectivity index (χ2v) is 5.74. The lowest BCUT2D eigenvalue weighted by Crippen LogP contribution is -2.51. The summed E-state index contributed by atoms with van der Waals surface area (Å²) in [5, 5.41) is 3.23. The van der Waals surface area contributed by atoms with Gasteiger partial charge in [0.15, 0.2) is 0 Å². The number of anilines is 1. The van der Waals surface area contributed by atoms with E-state index in [0.717, 1.165) is 45.6 Å². The minimum absolute atomic E-state index is 0.231. The van der Waals surface area contributed by atoms with E-state index in [1.807, 2.05) is 4.90 Å². The Balaban J connectivity index is 1.76. The molecule has 1 fully saturated rings. The van der Waals surface area contributed by atoms with Crippen LogP contribution in [0.5, 0.6) is 0 Å². The molecule has 0 radical (unpaired) electrons. The van der Waals surface area contributed by atoms with Crippen LogP contribution >= 0.6 is 0 Å². The molecule has 1 saturated heterocycles. The van der Waals surface area contributed by atoms with Crippen LogP contribution in [0.2, 0.25) is 0 Å². The molecule has 1 amide bonds. The van der Waals surface area contributed by atoms with Crippen molar-refractivity contribution in [2.24, 2.45) is 0 Å². The van der Waals surface area contributed by atoms with E-state index in [2.05, 4.69) is 48.3 Å². The van der Waals surface area contributed by atoms with Crippen molar-refractivity contribution in [1.29, 1.82) is 0 Å². The molecule has 4 nitrogen and oxygen atoms in total. The van der Waals surface area contributed by atoms with Gasteiger partial charge in [0.05, 0.1) is 6.54 Å². The lowest BCUT2D eigenvalue weighted by molar-refractivity contribution is -0.130. The van der Waals surface area contributed by atoms with Gasteiger partial charge in [0.25, 0.3) is 0 Å². The molecule has 0 bridgehead atoms. The highest BCUT2D eigenvalue weighted by atomic mass is 16.2. The Labute approximate surface area is 128 Å². The van der Waals surface area contributed by atoms with Gasteiger partial charge in [0, 0.05) is 31.9 Å². The molecule has 0 atom stereocenters. The van der Waals surface area contributed by atoms with E-state index in [0.29, 0.717) is 6.54 Å². The molecule has 2 rings (SSSR count). The third-order valence-electron chi connectivity index (χ3n) is 3.98. The number of piperazine rings is 1. The summed E-state index contributed by atoms with van der Waals surface area (Å²) < 4.78 is 0. The van der Waals surface area contributed by atoms with Crippen LogP contribution < -0.4 is 10.2 Å². The summed E-state index contributed by atoms with van der Waals surface area (Å²) in [6, 6.07) is 8.58. The van der Waals surface area contributed by atoms with Gasteiger partial charge >= 0.3 is 0 Å². The van der Waals surface area contributed by atoms with E-state index >= 15 is 0 Å². The summed E-state index contributed by atoms with van der Waals surface area (Å²) in [5.74, 6) is 0.231. The first-order valence-corrected chi connectivity index (χ1v) is 8.01. The van der Waals surface area contributed by atoms with Gasteiger partial charge in [0.1, 0.15) is 0 Å². The van der Waals surface area contributed by atoms with E-state index in [9.17, 15) is 4.79 Å². The maximum Gasteiger partial charge on any atom is 0.236 e. The Morgan fingerprint density at radius 2 is 2.00 bits per heavy atom. The molecule has 0 aromatic heterocycles. The number of unbranched alkanes of at least 4 members (excludes halogenated alkanes) is 1. The predicted octanol–water partition coefficient (Wildman–Crippen LogP) is 2.03. The average molecular weight is 289 g/mol. The minimum Gasteiger partial charge on any atom is -0.368 e. The summed E-state index contributed by atoms with van der Waals surface area (Å²) in [6.45, 7) is 9.17. The number of amides is 1. The van der Waals surface area contributed by atoms with Crippen LogP contribution in [-0.2, 0) is 4.79 Å². The molecule has 1 heterocycles. The highest BCUT2D eigenvalue weighted by Crippen LogP contribution is 2.17. The lowest BCUT2D eigenvalue weighted by Gasteiger charge is -2.36. The number of rotatable bonds is 6. The summed E-state index contributed by atoms with van der Waals surface area (Å²) in [5.41, 5.74) is 2.55. The SMILES string of the molecule is CCCCNCC(=O)N1CCN(c2cccc(C)c2)CC1. The fourth-order valence-electron chi connectivity index (χ4n) is 2.65. The monoisotopic (exact) mass is 289 g/mol. The van der Waals surface area contributed by atoms with Crippen LogP contribution in [0.15, 0.2) is 24.3 Å². The number of carbonyl (C=O) groups excluding carboxylic acids is 1. The van der Waals surface area contributed by atoms with Crippen molar-refractivity contribution < 1.29 is 4.79 Å². The Morgan fingerprint density at radius 1 is 1.24 bits per heavy atom. The largest absolute Gasteiger partial charge is 0.368 e. The van der Waals surface area contributed by atoms with Gasteiger partial charge in [-0.05, 0) is 37.6 Å². The molecule has 1 aliphatic heterocycles. The average Bonchev–Trinajstić information content (AvgIpc) is 2.51. The van der Waals surface area contributed by atoms with E-state index in [1.54, 1.807) is 0 Å². The fourth-order valence-corrected chi connectivity index (χ4v) is 2.65. The van der Waals surface area contributed by atoms with Crippen LogP contribution in [0.1, 0.15) is 25.3 Å². The maximum atomic E-state index is 12.1. The number of hydrogen-bond donors (Lipinski definition) is 1. The van der Waals surface area contributed by atoms with Gasteiger partial charge in [-0.2, -0.15) is 0 Å². The standard InChI is InChI=1S/C17H27N3O/c1-3-4-8-18-14-17(21)20-11-9-19(10-12-20)16-7-5-6-15(2)13-16/h5-7,13,18H,3-4,8-12,14H2,1-2H3. The third-order valence-corrected chi connectivity index (χ3v) is 3.98. The van der Waals surface area contributed by atoms with Gasteiger partial charge in [0.2, 0.25) is 5.91 Å². The Kier molecular flexibility index (Phi) is 6.05. The molecule has 21 heavy (non-hydrogen) atoms. The molecular formula is C17H27N3O. The molecule has 0 aliphatic carbocycles. The van der Waals surface area contributed by atoms with E-state index in [-0.39, 0.29) is 5.91 Å². The molecular weight excluding hydrogens is 262 g/mol. The topological polar surface area (TPSA) is 35.6 Å². The summed E-state index contributed by atoms with van der Waals surface area (Å²) in [6.07, 6.45) is 2.30. The van der Waals surface area contributed by atoms with E-state index in [4.69, 9.17) is 0 Å². The normalized spacial score (nSPS) is 15.3. The quantitative estimate of drug-likeness (QED) is 0.814. The van der Waals surface area contributed by atoms with Crippen LogP contribution in [-0.4, -0.2) is 50.1 Å². The zero-order chi connectivity index (χ0) is 15.1. The van der Waals surface area contributed by atoms with E-state index in [1.165, 1.54) is 11.3 Å². The Hall–Kier alpha value is -1.55. The third kappa shape index (κ3) is 4.74. The minimum atomic E-state index is 0.231. The van der Waals surface area contributed by atoms with Crippen molar-refractivity contribution in [3.63, 3.8) is 0 Å². The zero-order valence-electron chi connectivity index (χ0n) is 13.3. The van der Waals surface area contributed by atoms with Crippen molar-refractivity contribution in [3.8, 4) is 0 Å². The first kappa shape index (κ1) is 15.8. The highest BCUT2D eigenvalue weighted by molar-refractivity contribution is 5.78. The second kappa shape index (κ2) is 8.03. The molecule has 116 valence electrons. The first-order valence-electron chi connectivity index (χ1n) is 8.01. The van der Waals surface area contributed by atoms with E-state index < -0.39 is 0 Å². The summed E-state index contributed by atoms with van der Waals surface area (Å²) in [4.78, 5) is 16.4. The Morgan fingerprint density at radius 3 is 2.67 bits per heavy atom. The smallest absolute Gasteiger partial charge is 0.236 e. The molecule has 1 aromatic rings. The molecule has 0 spiro atoms. The first-order chi connectivity index (χ1) is 10.2. The van der Waals surface area contributed by atoms with Gasteiger partial charge < -0.3 is 15.1 Å². The number of aryl methyl sites for hydroxylation is 1. The molecule has 1 aromatic carbocycles.